The van der Waals surface area contributed by atoms with E-state index in [0.29, 0.717) is 12.3 Å². The molecule has 0 amide bonds. The van der Waals surface area contributed by atoms with Gasteiger partial charge in [0.25, 0.3) is 5.88 Å². The highest BCUT2D eigenvalue weighted by Crippen LogP contribution is 2.24. The summed E-state index contributed by atoms with van der Waals surface area (Å²) in [4.78, 5) is 26.5. The summed E-state index contributed by atoms with van der Waals surface area (Å²) in [7, 11) is 0. The molecule has 2 aromatic rings. The van der Waals surface area contributed by atoms with Crippen molar-refractivity contribution < 1.29 is 14.6 Å². The zero-order chi connectivity index (χ0) is 13.1. The third kappa shape index (κ3) is 2.40. The first kappa shape index (κ1) is 12.3. The Hall–Kier alpha value is -2.15. The summed E-state index contributed by atoms with van der Waals surface area (Å²) in [6.07, 6.45) is 3.02. The maximum absolute atomic E-state index is 11.8. The van der Waals surface area contributed by atoms with Crippen LogP contribution in [0.2, 0.25) is 0 Å². The van der Waals surface area contributed by atoms with Crippen LogP contribution < -0.4 is 10.3 Å². The predicted octanol–water partition coefficient (Wildman–Crippen LogP) is 1.82. The smallest absolute Gasteiger partial charge is 0.346 e. The number of aromatic nitrogens is 2. The highest BCUT2D eigenvalue weighted by molar-refractivity contribution is 7.12. The van der Waals surface area contributed by atoms with Crippen LogP contribution in [0.3, 0.4) is 0 Å². The average molecular weight is 266 g/mol. The molecule has 0 unspecified atom stereocenters. The van der Waals surface area contributed by atoms with Crippen LogP contribution in [0.4, 0.5) is 0 Å². The lowest BCUT2D eigenvalue weighted by Gasteiger charge is -2.04. The fourth-order valence-corrected chi connectivity index (χ4v) is 1.99. The van der Waals surface area contributed by atoms with Crippen LogP contribution in [-0.2, 0) is 6.54 Å². The van der Waals surface area contributed by atoms with Crippen molar-refractivity contribution in [3.8, 4) is 11.6 Å². The van der Waals surface area contributed by atoms with Crippen LogP contribution in [-0.4, -0.2) is 20.6 Å². The van der Waals surface area contributed by atoms with Gasteiger partial charge in [0, 0.05) is 30.4 Å². The van der Waals surface area contributed by atoms with Crippen LogP contribution in [0.25, 0.3) is 0 Å². The molecule has 0 saturated carbocycles. The molecule has 2 aromatic heterocycles. The Labute approximate surface area is 106 Å². The molecule has 0 atom stereocenters. The van der Waals surface area contributed by atoms with Crippen molar-refractivity contribution in [3.63, 3.8) is 0 Å². The summed E-state index contributed by atoms with van der Waals surface area (Å²) in [5, 5.41) is 10.3. The van der Waals surface area contributed by atoms with Gasteiger partial charge in [0.1, 0.15) is 10.6 Å². The molecule has 0 aliphatic carbocycles. The normalized spacial score (nSPS) is 10.3. The third-order valence-corrected chi connectivity index (χ3v) is 3.12. The van der Waals surface area contributed by atoms with Gasteiger partial charge in [0.2, 0.25) is 0 Å². The third-order valence-electron chi connectivity index (χ3n) is 2.22. The van der Waals surface area contributed by atoms with E-state index in [2.05, 4.69) is 4.98 Å². The molecule has 6 nitrogen and oxygen atoms in total. The average Bonchev–Trinajstić information content (AvgIpc) is 2.80. The molecule has 1 N–H and O–H groups in total. The standard InChI is InChI=1S/C11H10N2O4S/c1-2-13-4-3-12-9(10(13)14)17-7-5-8(11(15)16)18-6-7/h3-6H,2H2,1H3,(H,15,16). The predicted molar refractivity (Wildman–Crippen MR) is 65.5 cm³/mol. The minimum atomic E-state index is -1.03. The molecule has 0 spiro atoms. The number of carboxylic acids is 1. The van der Waals surface area contributed by atoms with E-state index in [1.54, 1.807) is 6.20 Å². The summed E-state index contributed by atoms with van der Waals surface area (Å²) in [5.74, 6) is -0.785. The van der Waals surface area contributed by atoms with Crippen molar-refractivity contribution in [2.75, 3.05) is 0 Å². The summed E-state index contributed by atoms with van der Waals surface area (Å²) < 4.78 is 6.74. The van der Waals surface area contributed by atoms with Crippen LogP contribution in [0.1, 0.15) is 16.6 Å². The van der Waals surface area contributed by atoms with Crippen molar-refractivity contribution in [2.45, 2.75) is 13.5 Å². The monoisotopic (exact) mass is 266 g/mol. The van der Waals surface area contributed by atoms with Crippen molar-refractivity contribution in [1.82, 2.24) is 9.55 Å². The van der Waals surface area contributed by atoms with Crippen LogP contribution in [0.5, 0.6) is 11.6 Å². The highest BCUT2D eigenvalue weighted by Gasteiger charge is 2.11. The van der Waals surface area contributed by atoms with Crippen molar-refractivity contribution >= 4 is 17.3 Å². The second-order valence-corrected chi connectivity index (χ2v) is 4.29. The number of aryl methyl sites for hydroxylation is 1. The highest BCUT2D eigenvalue weighted by atomic mass is 32.1. The van der Waals surface area contributed by atoms with Gasteiger partial charge >= 0.3 is 11.5 Å². The van der Waals surface area contributed by atoms with E-state index in [1.807, 2.05) is 6.92 Å². The second kappa shape index (κ2) is 5.01. The number of rotatable bonds is 4. The Kier molecular flexibility index (Phi) is 3.42. The molecule has 2 heterocycles. The van der Waals surface area contributed by atoms with Gasteiger partial charge in [-0.25, -0.2) is 9.78 Å². The maximum atomic E-state index is 11.8. The van der Waals surface area contributed by atoms with Crippen LogP contribution >= 0.6 is 11.3 Å². The first-order valence-corrected chi connectivity index (χ1v) is 6.05. The Bertz CT molecular complexity index is 632. The molecule has 0 saturated heterocycles. The van der Waals surface area contributed by atoms with E-state index in [-0.39, 0.29) is 16.3 Å². The number of aromatic carboxylic acids is 1. The summed E-state index contributed by atoms with van der Waals surface area (Å²) in [6, 6.07) is 1.36. The van der Waals surface area contributed by atoms with Gasteiger partial charge in [-0.2, -0.15) is 0 Å². The molecule has 0 bridgehead atoms. The molecule has 0 fully saturated rings. The molecule has 0 radical (unpaired) electrons. The van der Waals surface area contributed by atoms with Gasteiger partial charge in [0.05, 0.1) is 0 Å². The number of nitrogens with zero attached hydrogens (tertiary/aromatic N) is 2. The molecule has 0 aromatic carbocycles. The second-order valence-electron chi connectivity index (χ2n) is 3.38. The zero-order valence-corrected chi connectivity index (χ0v) is 10.3. The molecule has 2 rings (SSSR count). The quantitative estimate of drug-likeness (QED) is 0.912. The van der Waals surface area contributed by atoms with Crippen molar-refractivity contribution in [1.29, 1.82) is 0 Å². The van der Waals surface area contributed by atoms with E-state index in [9.17, 15) is 9.59 Å². The first-order chi connectivity index (χ1) is 8.61. The SMILES string of the molecule is CCn1ccnc(Oc2csc(C(=O)O)c2)c1=O. The van der Waals surface area contributed by atoms with Crippen LogP contribution in [0.15, 0.2) is 28.6 Å². The Morgan fingerprint density at radius 1 is 1.61 bits per heavy atom. The molecule has 0 aliphatic heterocycles. The lowest BCUT2D eigenvalue weighted by Crippen LogP contribution is -2.20. The van der Waals surface area contributed by atoms with E-state index in [0.717, 1.165) is 11.3 Å². The number of hydrogen-bond acceptors (Lipinski definition) is 5. The lowest BCUT2D eigenvalue weighted by molar-refractivity contribution is 0.0702. The summed E-state index contributed by atoms with van der Waals surface area (Å²) in [6.45, 7) is 2.35. The molecule has 7 heteroatoms. The summed E-state index contributed by atoms with van der Waals surface area (Å²) in [5.41, 5.74) is -0.344. The lowest BCUT2D eigenvalue weighted by atomic mass is 10.4. The van der Waals surface area contributed by atoms with Gasteiger partial charge in [-0.05, 0) is 6.92 Å². The van der Waals surface area contributed by atoms with E-state index in [4.69, 9.17) is 9.84 Å². The Morgan fingerprint density at radius 3 is 3.00 bits per heavy atom. The van der Waals surface area contributed by atoms with Crippen molar-refractivity contribution in [2.24, 2.45) is 0 Å². The molecule has 18 heavy (non-hydrogen) atoms. The number of carbonyl (C=O) groups is 1. The molecule has 94 valence electrons. The Morgan fingerprint density at radius 2 is 2.39 bits per heavy atom. The van der Waals surface area contributed by atoms with Gasteiger partial charge < -0.3 is 14.4 Å². The minimum absolute atomic E-state index is 0.0610. The molecule has 0 aliphatic rings. The topological polar surface area (TPSA) is 81.4 Å². The molecular formula is C11H10N2O4S. The number of carboxylic acid groups (broad SMARTS) is 1. The van der Waals surface area contributed by atoms with Crippen LogP contribution in [0, 0.1) is 0 Å². The maximum Gasteiger partial charge on any atom is 0.346 e. The van der Waals surface area contributed by atoms with E-state index >= 15 is 0 Å². The number of hydrogen-bond donors (Lipinski definition) is 1. The molecular weight excluding hydrogens is 256 g/mol. The fourth-order valence-electron chi connectivity index (χ4n) is 1.34. The largest absolute Gasteiger partial charge is 0.477 e. The van der Waals surface area contributed by atoms with Gasteiger partial charge in [-0.3, -0.25) is 4.79 Å². The minimum Gasteiger partial charge on any atom is -0.477 e. The van der Waals surface area contributed by atoms with Gasteiger partial charge in [-0.1, -0.05) is 0 Å². The van der Waals surface area contributed by atoms with Crippen molar-refractivity contribution in [3.05, 3.63) is 39.1 Å². The fraction of sp³-hybridized carbons (Fsp3) is 0.182. The summed E-state index contributed by atoms with van der Waals surface area (Å²) >= 11 is 1.03. The zero-order valence-electron chi connectivity index (χ0n) is 9.49. The number of thiophene rings is 1. The first-order valence-electron chi connectivity index (χ1n) is 5.17. The van der Waals surface area contributed by atoms with E-state index in [1.165, 1.54) is 22.2 Å². The number of ether oxygens (including phenoxy) is 1. The Balaban J connectivity index is 2.28. The van der Waals surface area contributed by atoms with E-state index < -0.39 is 5.97 Å². The van der Waals surface area contributed by atoms with Gasteiger partial charge in [0.15, 0.2) is 0 Å². The van der Waals surface area contributed by atoms with Gasteiger partial charge in [-0.15, -0.1) is 11.3 Å².